The summed E-state index contributed by atoms with van der Waals surface area (Å²) in [6.07, 6.45) is 7.92. The SMILES string of the molecule is CNC(c1cccnc1)C1CCC1. The highest BCUT2D eigenvalue weighted by atomic mass is 14.9. The lowest BCUT2D eigenvalue weighted by molar-refractivity contribution is 0.239. The summed E-state index contributed by atoms with van der Waals surface area (Å²) in [5, 5.41) is 3.38. The number of hydrogen-bond donors (Lipinski definition) is 1. The van der Waals surface area contributed by atoms with E-state index in [-0.39, 0.29) is 0 Å². The number of nitrogens with zero attached hydrogens (tertiary/aromatic N) is 1. The molecule has 1 aliphatic carbocycles. The van der Waals surface area contributed by atoms with Crippen LogP contribution < -0.4 is 5.32 Å². The van der Waals surface area contributed by atoms with Crippen molar-refractivity contribution in [2.75, 3.05) is 7.05 Å². The van der Waals surface area contributed by atoms with Gasteiger partial charge in [0.15, 0.2) is 0 Å². The highest BCUT2D eigenvalue weighted by molar-refractivity contribution is 5.15. The van der Waals surface area contributed by atoms with Gasteiger partial charge in [-0.15, -0.1) is 0 Å². The molecular formula is C11H16N2. The van der Waals surface area contributed by atoms with Gasteiger partial charge in [0.25, 0.3) is 0 Å². The molecular weight excluding hydrogens is 160 g/mol. The van der Waals surface area contributed by atoms with Crippen LogP contribution in [0, 0.1) is 5.92 Å². The standard InChI is InChI=1S/C11H16N2/c1-12-11(9-4-2-5-9)10-6-3-7-13-8-10/h3,6-9,11-12H,2,4-5H2,1H3. The second kappa shape index (κ2) is 3.88. The summed E-state index contributed by atoms with van der Waals surface area (Å²) in [4.78, 5) is 4.15. The summed E-state index contributed by atoms with van der Waals surface area (Å²) in [7, 11) is 2.04. The quantitative estimate of drug-likeness (QED) is 0.763. The lowest BCUT2D eigenvalue weighted by Crippen LogP contribution is -2.29. The molecule has 2 rings (SSSR count). The molecule has 1 fully saturated rings. The lowest BCUT2D eigenvalue weighted by Gasteiger charge is -2.33. The van der Waals surface area contributed by atoms with E-state index in [1.54, 1.807) is 0 Å². The Balaban J connectivity index is 2.12. The van der Waals surface area contributed by atoms with E-state index in [1.807, 2.05) is 25.5 Å². The molecule has 2 heteroatoms. The van der Waals surface area contributed by atoms with Gasteiger partial charge in [-0.05, 0) is 37.4 Å². The third-order valence-electron chi connectivity index (χ3n) is 2.98. The average molecular weight is 176 g/mol. The molecule has 1 N–H and O–H groups in total. The van der Waals surface area contributed by atoms with Crippen molar-refractivity contribution in [1.29, 1.82) is 0 Å². The van der Waals surface area contributed by atoms with E-state index in [2.05, 4.69) is 16.4 Å². The van der Waals surface area contributed by atoms with Gasteiger partial charge in [-0.1, -0.05) is 12.5 Å². The minimum atomic E-state index is 0.516. The summed E-state index contributed by atoms with van der Waals surface area (Å²) in [6.45, 7) is 0. The van der Waals surface area contributed by atoms with Gasteiger partial charge in [0.2, 0.25) is 0 Å². The van der Waals surface area contributed by atoms with Crippen molar-refractivity contribution in [3.8, 4) is 0 Å². The predicted molar refractivity (Wildman–Crippen MR) is 53.4 cm³/mol. The van der Waals surface area contributed by atoms with Crippen molar-refractivity contribution in [2.24, 2.45) is 5.92 Å². The fraction of sp³-hybridized carbons (Fsp3) is 0.545. The molecule has 0 aromatic carbocycles. The van der Waals surface area contributed by atoms with E-state index in [0.717, 1.165) is 5.92 Å². The van der Waals surface area contributed by atoms with E-state index >= 15 is 0 Å². The molecule has 1 unspecified atom stereocenters. The first-order valence-electron chi connectivity index (χ1n) is 4.99. The summed E-state index contributed by atoms with van der Waals surface area (Å²) < 4.78 is 0. The number of nitrogens with one attached hydrogen (secondary N) is 1. The lowest BCUT2D eigenvalue weighted by atomic mass is 9.77. The normalized spacial score (nSPS) is 19.5. The monoisotopic (exact) mass is 176 g/mol. The largest absolute Gasteiger partial charge is 0.313 e. The molecule has 0 amide bonds. The van der Waals surface area contributed by atoms with Crippen molar-refractivity contribution in [1.82, 2.24) is 10.3 Å². The molecule has 1 aromatic rings. The highest BCUT2D eigenvalue weighted by Gasteiger charge is 2.26. The number of aromatic nitrogens is 1. The van der Waals surface area contributed by atoms with Crippen LogP contribution in [0.5, 0.6) is 0 Å². The van der Waals surface area contributed by atoms with Gasteiger partial charge in [-0.3, -0.25) is 4.98 Å². The Hall–Kier alpha value is -0.890. The zero-order valence-corrected chi connectivity index (χ0v) is 8.03. The van der Waals surface area contributed by atoms with Gasteiger partial charge in [0.1, 0.15) is 0 Å². The topological polar surface area (TPSA) is 24.9 Å². The third kappa shape index (κ3) is 1.73. The van der Waals surface area contributed by atoms with Crippen LogP contribution >= 0.6 is 0 Å². The van der Waals surface area contributed by atoms with E-state index in [9.17, 15) is 0 Å². The van der Waals surface area contributed by atoms with Gasteiger partial charge in [0.05, 0.1) is 0 Å². The molecule has 2 nitrogen and oxygen atoms in total. The second-order valence-electron chi connectivity index (χ2n) is 3.74. The van der Waals surface area contributed by atoms with Crippen molar-refractivity contribution < 1.29 is 0 Å². The van der Waals surface area contributed by atoms with Crippen LogP contribution in [0.25, 0.3) is 0 Å². The summed E-state index contributed by atoms with van der Waals surface area (Å²) in [6, 6.07) is 4.69. The van der Waals surface area contributed by atoms with Gasteiger partial charge in [-0.2, -0.15) is 0 Å². The summed E-state index contributed by atoms with van der Waals surface area (Å²) >= 11 is 0. The number of rotatable bonds is 3. The average Bonchev–Trinajstić information content (AvgIpc) is 2.12. The highest BCUT2D eigenvalue weighted by Crippen LogP contribution is 2.36. The van der Waals surface area contributed by atoms with Crippen LogP contribution in [-0.2, 0) is 0 Å². The maximum atomic E-state index is 4.15. The maximum absolute atomic E-state index is 4.15. The summed E-state index contributed by atoms with van der Waals surface area (Å²) in [5.74, 6) is 0.828. The fourth-order valence-corrected chi connectivity index (χ4v) is 2.01. The van der Waals surface area contributed by atoms with E-state index in [4.69, 9.17) is 0 Å². The Morgan fingerprint density at radius 1 is 1.54 bits per heavy atom. The number of hydrogen-bond acceptors (Lipinski definition) is 2. The minimum absolute atomic E-state index is 0.516. The Morgan fingerprint density at radius 2 is 2.38 bits per heavy atom. The van der Waals surface area contributed by atoms with Crippen LogP contribution in [0.15, 0.2) is 24.5 Å². The third-order valence-corrected chi connectivity index (χ3v) is 2.98. The molecule has 0 spiro atoms. The molecule has 1 aliphatic rings. The first-order chi connectivity index (χ1) is 6.42. The molecule has 1 atom stereocenters. The molecule has 0 saturated heterocycles. The molecule has 0 aliphatic heterocycles. The molecule has 13 heavy (non-hydrogen) atoms. The molecule has 1 saturated carbocycles. The second-order valence-corrected chi connectivity index (χ2v) is 3.74. The van der Waals surface area contributed by atoms with Crippen molar-refractivity contribution in [3.63, 3.8) is 0 Å². The molecule has 0 bridgehead atoms. The molecule has 1 heterocycles. The van der Waals surface area contributed by atoms with E-state index < -0.39 is 0 Å². The Labute approximate surface area is 79.4 Å². The molecule has 0 radical (unpaired) electrons. The van der Waals surface area contributed by atoms with E-state index in [0.29, 0.717) is 6.04 Å². The number of pyridine rings is 1. The van der Waals surface area contributed by atoms with Gasteiger partial charge in [-0.25, -0.2) is 0 Å². The van der Waals surface area contributed by atoms with E-state index in [1.165, 1.54) is 24.8 Å². The van der Waals surface area contributed by atoms with Crippen molar-refractivity contribution in [3.05, 3.63) is 30.1 Å². The van der Waals surface area contributed by atoms with Crippen LogP contribution in [0.1, 0.15) is 30.9 Å². The van der Waals surface area contributed by atoms with Gasteiger partial charge in [0, 0.05) is 18.4 Å². The van der Waals surface area contributed by atoms with Crippen LogP contribution in [0.3, 0.4) is 0 Å². The Kier molecular flexibility index (Phi) is 2.60. The first kappa shape index (κ1) is 8.70. The van der Waals surface area contributed by atoms with Crippen LogP contribution in [0.4, 0.5) is 0 Å². The first-order valence-corrected chi connectivity index (χ1v) is 4.99. The predicted octanol–water partition coefficient (Wildman–Crippen LogP) is 2.14. The zero-order chi connectivity index (χ0) is 9.10. The van der Waals surface area contributed by atoms with Crippen molar-refractivity contribution >= 4 is 0 Å². The Morgan fingerprint density at radius 3 is 2.85 bits per heavy atom. The molecule has 70 valence electrons. The van der Waals surface area contributed by atoms with Crippen LogP contribution in [0.2, 0.25) is 0 Å². The molecule has 1 aromatic heterocycles. The van der Waals surface area contributed by atoms with Gasteiger partial charge >= 0.3 is 0 Å². The Bertz CT molecular complexity index is 254. The van der Waals surface area contributed by atoms with Crippen molar-refractivity contribution in [2.45, 2.75) is 25.3 Å². The van der Waals surface area contributed by atoms with Crippen LogP contribution in [-0.4, -0.2) is 12.0 Å². The smallest absolute Gasteiger partial charge is 0.0361 e. The minimum Gasteiger partial charge on any atom is -0.313 e. The zero-order valence-electron chi connectivity index (χ0n) is 8.03. The summed E-state index contributed by atoms with van der Waals surface area (Å²) in [5.41, 5.74) is 1.33. The fourth-order valence-electron chi connectivity index (χ4n) is 2.01. The maximum Gasteiger partial charge on any atom is 0.0361 e. The van der Waals surface area contributed by atoms with Gasteiger partial charge < -0.3 is 5.32 Å².